The fourth-order valence-corrected chi connectivity index (χ4v) is 8.69. The molecule has 0 aliphatic carbocycles. The average molecular weight is 814 g/mol. The predicted molar refractivity (Wildman–Crippen MR) is 222 cm³/mol. The van der Waals surface area contributed by atoms with Crippen LogP contribution in [-0.4, -0.2) is 67.2 Å². The molecule has 294 valence electrons. The normalized spacial score (nSPS) is 14.0. The number of H-pyrrole nitrogens is 1. The van der Waals surface area contributed by atoms with E-state index in [9.17, 15) is 19.5 Å². The maximum atomic E-state index is 12.9. The van der Waals surface area contributed by atoms with Crippen LogP contribution in [0.25, 0.3) is 33.5 Å². The van der Waals surface area contributed by atoms with Gasteiger partial charge in [0.25, 0.3) is 5.24 Å². The Kier molecular flexibility index (Phi) is 11.4. The van der Waals surface area contributed by atoms with Crippen molar-refractivity contribution in [3.05, 3.63) is 125 Å². The minimum atomic E-state index is -1.01. The molecule has 7 aromatic rings. The zero-order valence-corrected chi connectivity index (χ0v) is 33.3. The SMILES string of the molecule is CCCCc1nc(CSc2ccc3nc(COc4ccc(CC5SC(=O)NC5=O)cc4)n(C)c3c2)c(C(=O)O)n1Cc1ccc(-c2ccccc2-c2nn[nH]n2)cc1. The van der Waals surface area contributed by atoms with E-state index in [-0.39, 0.29) is 23.4 Å². The van der Waals surface area contributed by atoms with Crippen LogP contribution in [0, 0.1) is 0 Å². The third-order valence-electron chi connectivity index (χ3n) is 9.99. The molecule has 1 unspecified atom stereocenters. The first-order chi connectivity index (χ1) is 28.2. The van der Waals surface area contributed by atoms with E-state index < -0.39 is 11.2 Å². The molecule has 16 heteroatoms. The summed E-state index contributed by atoms with van der Waals surface area (Å²) in [6, 6.07) is 29.5. The molecule has 58 heavy (non-hydrogen) atoms. The number of hydrogen-bond acceptors (Lipinski definition) is 11. The van der Waals surface area contributed by atoms with Gasteiger partial charge >= 0.3 is 5.97 Å². The fourth-order valence-electron chi connectivity index (χ4n) is 6.97. The van der Waals surface area contributed by atoms with Crippen molar-refractivity contribution in [1.82, 2.24) is 45.0 Å². The molecule has 2 amide bonds. The van der Waals surface area contributed by atoms with Gasteiger partial charge in [0.05, 0.1) is 22.0 Å². The lowest BCUT2D eigenvalue weighted by Gasteiger charge is -2.12. The van der Waals surface area contributed by atoms with Crippen LogP contribution in [0.3, 0.4) is 0 Å². The minimum absolute atomic E-state index is 0.206. The van der Waals surface area contributed by atoms with Crippen molar-refractivity contribution in [3.8, 4) is 28.3 Å². The van der Waals surface area contributed by atoms with Crippen molar-refractivity contribution in [3.63, 3.8) is 0 Å². The number of carbonyl (C=O) groups is 3. The van der Waals surface area contributed by atoms with E-state index >= 15 is 0 Å². The number of aromatic nitrogens is 8. The molecular weight excluding hydrogens is 775 g/mol. The zero-order valence-electron chi connectivity index (χ0n) is 31.7. The molecule has 0 spiro atoms. The molecule has 1 fully saturated rings. The number of carbonyl (C=O) groups excluding carboxylic acids is 2. The Hall–Kier alpha value is -6.26. The average Bonchev–Trinajstić information content (AvgIpc) is 4.03. The first-order valence-electron chi connectivity index (χ1n) is 18.8. The first-order valence-corrected chi connectivity index (χ1v) is 20.7. The van der Waals surface area contributed by atoms with Gasteiger partial charge in [0.15, 0.2) is 5.69 Å². The van der Waals surface area contributed by atoms with Crippen LogP contribution in [-0.2, 0) is 43.6 Å². The highest BCUT2D eigenvalue weighted by molar-refractivity contribution is 8.15. The van der Waals surface area contributed by atoms with Gasteiger partial charge in [0.2, 0.25) is 11.7 Å². The van der Waals surface area contributed by atoms with Gasteiger partial charge in [-0.3, -0.25) is 14.9 Å². The third-order valence-corrected chi connectivity index (χ3v) is 12.0. The summed E-state index contributed by atoms with van der Waals surface area (Å²) in [6.45, 7) is 2.74. The maximum absolute atomic E-state index is 12.9. The summed E-state index contributed by atoms with van der Waals surface area (Å²) in [5.41, 5.74) is 7.21. The molecule has 0 radical (unpaired) electrons. The second kappa shape index (κ2) is 17.1. The summed E-state index contributed by atoms with van der Waals surface area (Å²) < 4.78 is 9.92. The highest BCUT2D eigenvalue weighted by Crippen LogP contribution is 2.32. The number of aromatic amines is 1. The number of hydrogen-bond donors (Lipinski definition) is 3. The number of imidazole rings is 2. The summed E-state index contributed by atoms with van der Waals surface area (Å²) in [5.74, 6) is 1.81. The Balaban J connectivity index is 0.957. The second-order valence-corrected chi connectivity index (χ2v) is 16.1. The molecule has 1 saturated heterocycles. The molecule has 0 bridgehead atoms. The van der Waals surface area contributed by atoms with Gasteiger partial charge in [-0.1, -0.05) is 85.8 Å². The lowest BCUT2D eigenvalue weighted by molar-refractivity contribution is -0.118. The fraction of sp³-hybridized carbons (Fsp3) is 0.238. The molecule has 8 rings (SSSR count). The van der Waals surface area contributed by atoms with Crippen LogP contribution >= 0.6 is 23.5 Å². The first kappa shape index (κ1) is 38.6. The lowest BCUT2D eigenvalue weighted by atomic mass is 9.98. The van der Waals surface area contributed by atoms with Crippen molar-refractivity contribution in [2.45, 2.75) is 61.7 Å². The van der Waals surface area contributed by atoms with Crippen molar-refractivity contribution in [1.29, 1.82) is 0 Å². The largest absolute Gasteiger partial charge is 0.486 e. The van der Waals surface area contributed by atoms with Gasteiger partial charge in [0, 0.05) is 36.2 Å². The van der Waals surface area contributed by atoms with Crippen LogP contribution in [0.15, 0.2) is 95.9 Å². The van der Waals surface area contributed by atoms with E-state index in [1.54, 1.807) is 0 Å². The van der Waals surface area contributed by atoms with E-state index in [1.165, 1.54) is 11.8 Å². The molecule has 3 N–H and O–H groups in total. The number of fused-ring (bicyclic) bond motifs is 1. The molecule has 3 aromatic heterocycles. The summed E-state index contributed by atoms with van der Waals surface area (Å²) in [7, 11) is 1.95. The van der Waals surface area contributed by atoms with Crippen molar-refractivity contribution < 1.29 is 24.2 Å². The van der Waals surface area contributed by atoms with Crippen LogP contribution in [0.1, 0.15) is 58.7 Å². The van der Waals surface area contributed by atoms with Gasteiger partial charge in [-0.15, -0.1) is 22.0 Å². The van der Waals surface area contributed by atoms with Gasteiger partial charge in [-0.05, 0) is 70.6 Å². The topological polar surface area (TPSA) is 183 Å². The van der Waals surface area contributed by atoms with E-state index in [0.717, 1.165) is 80.0 Å². The van der Waals surface area contributed by atoms with Gasteiger partial charge in [-0.2, -0.15) is 5.21 Å². The Bertz CT molecular complexity index is 2600. The number of aryl methyl sites for hydroxylation is 2. The van der Waals surface area contributed by atoms with E-state index in [4.69, 9.17) is 14.7 Å². The molecular formula is C42H39N9O5S2. The quantitative estimate of drug-likeness (QED) is 0.0820. The smallest absolute Gasteiger partial charge is 0.354 e. The van der Waals surface area contributed by atoms with Crippen LogP contribution in [0.4, 0.5) is 4.79 Å². The van der Waals surface area contributed by atoms with Crippen LogP contribution in [0.5, 0.6) is 5.75 Å². The number of nitrogens with one attached hydrogen (secondary N) is 2. The van der Waals surface area contributed by atoms with Crippen molar-refractivity contribution in [2.24, 2.45) is 7.05 Å². The number of carboxylic acid groups (broad SMARTS) is 1. The second-order valence-electron chi connectivity index (χ2n) is 13.8. The number of ether oxygens (including phenoxy) is 1. The summed E-state index contributed by atoms with van der Waals surface area (Å²) in [4.78, 5) is 47.0. The molecule has 4 heterocycles. The van der Waals surface area contributed by atoms with Crippen LogP contribution in [0.2, 0.25) is 0 Å². The monoisotopic (exact) mass is 813 g/mol. The number of thioether (sulfide) groups is 2. The Labute approximate surface area is 341 Å². The van der Waals surface area contributed by atoms with Crippen LogP contribution < -0.4 is 10.1 Å². The standard InChI is InChI=1S/C42H39N9O5S2/c1-3-4-9-36-44-33(38(41(53)54)51(36)22-26-10-14-27(15-11-26)30-7-5-6-8-31(30)39-46-48-49-47-39)24-57-29-18-19-32-34(21-29)50(2)37(43-32)23-56-28-16-12-25(13-17-28)20-35-40(52)45-42(55)58-35/h5-8,10-19,21,35H,3-4,9,20,22-24H2,1-2H3,(H,53,54)(H,45,52,55)(H,46,47,48,49). The van der Waals surface area contributed by atoms with Crippen molar-refractivity contribution in [2.75, 3.05) is 0 Å². The lowest BCUT2D eigenvalue weighted by Crippen LogP contribution is -2.25. The summed E-state index contributed by atoms with van der Waals surface area (Å²) in [5, 5.41) is 26.7. The number of nitrogens with zero attached hydrogens (tertiary/aromatic N) is 7. The maximum Gasteiger partial charge on any atom is 0.354 e. The zero-order chi connectivity index (χ0) is 40.2. The molecule has 1 atom stereocenters. The minimum Gasteiger partial charge on any atom is -0.486 e. The number of benzene rings is 4. The Morgan fingerprint density at radius 2 is 1.72 bits per heavy atom. The number of rotatable bonds is 16. The molecule has 4 aromatic carbocycles. The Morgan fingerprint density at radius 3 is 2.43 bits per heavy atom. The molecule has 1 aliphatic heterocycles. The number of amides is 2. The number of carboxylic acids is 1. The molecule has 0 saturated carbocycles. The highest BCUT2D eigenvalue weighted by atomic mass is 32.2. The summed E-state index contributed by atoms with van der Waals surface area (Å²) >= 11 is 2.56. The highest BCUT2D eigenvalue weighted by Gasteiger charge is 2.31. The summed E-state index contributed by atoms with van der Waals surface area (Å²) in [6.07, 6.45) is 2.99. The number of tetrazole rings is 1. The number of unbranched alkanes of at least 4 members (excludes halogenated alkanes) is 1. The van der Waals surface area contributed by atoms with Crippen molar-refractivity contribution >= 4 is 51.7 Å². The molecule has 1 aliphatic rings. The Morgan fingerprint density at radius 1 is 0.948 bits per heavy atom. The van der Waals surface area contributed by atoms with E-state index in [0.29, 0.717) is 42.4 Å². The molecule has 14 nitrogen and oxygen atoms in total. The predicted octanol–water partition coefficient (Wildman–Crippen LogP) is 7.47. The number of aromatic carboxylic acids is 1. The number of imide groups is 1. The van der Waals surface area contributed by atoms with E-state index in [1.807, 2.05) is 101 Å². The van der Waals surface area contributed by atoms with Gasteiger partial charge < -0.3 is 19.0 Å². The van der Waals surface area contributed by atoms with E-state index in [2.05, 4.69) is 38.9 Å². The third kappa shape index (κ3) is 8.38. The van der Waals surface area contributed by atoms with Gasteiger partial charge in [0.1, 0.15) is 24.0 Å². The van der Waals surface area contributed by atoms with Gasteiger partial charge in [-0.25, -0.2) is 14.8 Å².